The van der Waals surface area contributed by atoms with E-state index in [0.717, 1.165) is 37.9 Å². The Bertz CT molecular complexity index is 791. The fraction of sp³-hybridized carbons (Fsp3) is 0.368. The van der Waals surface area contributed by atoms with Gasteiger partial charge in [0.25, 0.3) is 5.91 Å². The predicted octanol–water partition coefficient (Wildman–Crippen LogP) is 3.34. The standard InChI is InChI=1S/C19H21NO6/c1-12-2-3-15(9-16(12)25-10-13-4-6-24-7-5-13)20-18(21)17-8-14(11-26-17)19(22)23/h2-3,8-9,11,13H,4-7,10H2,1H3,(H,20,21)(H,22,23). The maximum Gasteiger partial charge on any atom is 0.338 e. The van der Waals surface area contributed by atoms with Crippen molar-refractivity contribution in [3.8, 4) is 5.75 Å². The number of carbonyl (C=O) groups excluding carboxylic acids is 1. The molecule has 138 valence electrons. The summed E-state index contributed by atoms with van der Waals surface area (Å²) in [5.41, 5.74) is 1.46. The summed E-state index contributed by atoms with van der Waals surface area (Å²) in [5.74, 6) is -0.546. The van der Waals surface area contributed by atoms with Crippen LogP contribution < -0.4 is 10.1 Å². The molecule has 0 unspecified atom stereocenters. The average molecular weight is 359 g/mol. The zero-order valence-electron chi connectivity index (χ0n) is 14.5. The molecule has 7 nitrogen and oxygen atoms in total. The monoisotopic (exact) mass is 359 g/mol. The molecule has 26 heavy (non-hydrogen) atoms. The van der Waals surface area contributed by atoms with Gasteiger partial charge in [-0.15, -0.1) is 0 Å². The number of furan rings is 1. The van der Waals surface area contributed by atoms with Crippen LogP contribution in [-0.4, -0.2) is 36.8 Å². The van der Waals surface area contributed by atoms with Crippen molar-refractivity contribution in [1.82, 2.24) is 0 Å². The number of ether oxygens (including phenoxy) is 2. The maximum atomic E-state index is 12.2. The zero-order chi connectivity index (χ0) is 18.5. The van der Waals surface area contributed by atoms with Gasteiger partial charge in [0.2, 0.25) is 0 Å². The van der Waals surface area contributed by atoms with E-state index in [1.54, 1.807) is 12.1 Å². The van der Waals surface area contributed by atoms with E-state index in [4.69, 9.17) is 19.0 Å². The minimum atomic E-state index is -1.15. The Morgan fingerprint density at radius 2 is 2.04 bits per heavy atom. The van der Waals surface area contributed by atoms with Crippen molar-refractivity contribution in [3.05, 3.63) is 47.4 Å². The van der Waals surface area contributed by atoms with Gasteiger partial charge in [0.1, 0.15) is 12.0 Å². The smallest absolute Gasteiger partial charge is 0.338 e. The summed E-state index contributed by atoms with van der Waals surface area (Å²) in [4.78, 5) is 23.1. The average Bonchev–Trinajstić information content (AvgIpc) is 3.14. The van der Waals surface area contributed by atoms with Gasteiger partial charge in [0, 0.05) is 31.0 Å². The quantitative estimate of drug-likeness (QED) is 0.821. The van der Waals surface area contributed by atoms with Gasteiger partial charge >= 0.3 is 5.97 Å². The number of carbonyl (C=O) groups is 2. The van der Waals surface area contributed by atoms with E-state index in [1.807, 2.05) is 13.0 Å². The van der Waals surface area contributed by atoms with Crippen LogP contribution in [-0.2, 0) is 4.74 Å². The summed E-state index contributed by atoms with van der Waals surface area (Å²) in [6, 6.07) is 6.57. The Labute approximate surface area is 150 Å². The van der Waals surface area contributed by atoms with Crippen LogP contribution >= 0.6 is 0 Å². The predicted molar refractivity (Wildman–Crippen MR) is 93.8 cm³/mol. The van der Waals surface area contributed by atoms with Crippen LogP contribution in [0, 0.1) is 12.8 Å². The van der Waals surface area contributed by atoms with Crippen molar-refractivity contribution in [3.63, 3.8) is 0 Å². The number of benzene rings is 1. The lowest BCUT2D eigenvalue weighted by Gasteiger charge is -2.22. The third-order valence-corrected chi connectivity index (χ3v) is 4.33. The molecule has 2 aromatic rings. The third-order valence-electron chi connectivity index (χ3n) is 4.33. The summed E-state index contributed by atoms with van der Waals surface area (Å²) in [6.45, 7) is 4.09. The first-order valence-electron chi connectivity index (χ1n) is 8.47. The molecule has 0 bridgehead atoms. The Hall–Kier alpha value is -2.80. The fourth-order valence-electron chi connectivity index (χ4n) is 2.71. The van der Waals surface area contributed by atoms with Gasteiger partial charge in [-0.1, -0.05) is 6.07 Å². The van der Waals surface area contributed by atoms with Gasteiger partial charge in [-0.2, -0.15) is 0 Å². The van der Waals surface area contributed by atoms with E-state index in [9.17, 15) is 9.59 Å². The number of anilines is 1. The molecule has 1 amide bonds. The summed E-state index contributed by atoms with van der Waals surface area (Å²) in [5, 5.41) is 11.6. The Morgan fingerprint density at radius 1 is 1.27 bits per heavy atom. The van der Waals surface area contributed by atoms with E-state index in [2.05, 4.69) is 5.32 Å². The highest BCUT2D eigenvalue weighted by atomic mass is 16.5. The number of aryl methyl sites for hydroxylation is 1. The molecule has 7 heteroatoms. The molecule has 1 saturated heterocycles. The molecule has 2 heterocycles. The molecule has 2 N–H and O–H groups in total. The summed E-state index contributed by atoms with van der Waals surface area (Å²) in [7, 11) is 0. The van der Waals surface area contributed by atoms with Gasteiger partial charge in [0.15, 0.2) is 5.76 Å². The summed E-state index contributed by atoms with van der Waals surface area (Å²) in [6.07, 6.45) is 3.01. The topological polar surface area (TPSA) is 98.0 Å². The normalized spacial score (nSPS) is 14.8. The van der Waals surface area contributed by atoms with Gasteiger partial charge in [-0.25, -0.2) is 4.79 Å². The van der Waals surface area contributed by atoms with E-state index in [0.29, 0.717) is 24.0 Å². The first-order chi connectivity index (χ1) is 12.5. The zero-order valence-corrected chi connectivity index (χ0v) is 14.5. The number of rotatable bonds is 6. The summed E-state index contributed by atoms with van der Waals surface area (Å²) < 4.78 is 16.3. The van der Waals surface area contributed by atoms with Crippen LogP contribution in [0.1, 0.15) is 39.3 Å². The Morgan fingerprint density at radius 3 is 2.73 bits per heavy atom. The van der Waals surface area contributed by atoms with Crippen molar-refractivity contribution in [2.45, 2.75) is 19.8 Å². The lowest BCUT2D eigenvalue weighted by molar-refractivity contribution is 0.0496. The van der Waals surface area contributed by atoms with Gasteiger partial charge in [-0.3, -0.25) is 4.79 Å². The first kappa shape index (κ1) is 18.0. The summed E-state index contributed by atoms with van der Waals surface area (Å²) >= 11 is 0. The molecule has 0 saturated carbocycles. The van der Waals surface area contributed by atoms with Crippen LogP contribution in [0.3, 0.4) is 0 Å². The van der Waals surface area contributed by atoms with Crippen molar-refractivity contribution < 1.29 is 28.6 Å². The second kappa shape index (κ2) is 8.05. The molecule has 0 spiro atoms. The molecular weight excluding hydrogens is 338 g/mol. The largest absolute Gasteiger partial charge is 0.493 e. The Kier molecular flexibility index (Phi) is 5.58. The SMILES string of the molecule is Cc1ccc(NC(=O)c2cc(C(=O)O)co2)cc1OCC1CCOCC1. The molecule has 1 aliphatic heterocycles. The molecular formula is C19H21NO6. The highest BCUT2D eigenvalue weighted by Crippen LogP contribution is 2.25. The molecule has 0 radical (unpaired) electrons. The molecule has 0 aliphatic carbocycles. The van der Waals surface area contributed by atoms with Crippen LogP contribution in [0.2, 0.25) is 0 Å². The van der Waals surface area contributed by atoms with Crippen LogP contribution in [0.25, 0.3) is 0 Å². The third kappa shape index (κ3) is 4.43. The molecule has 1 aliphatic rings. The second-order valence-corrected chi connectivity index (χ2v) is 6.31. The number of carboxylic acids is 1. The maximum absolute atomic E-state index is 12.2. The van der Waals surface area contributed by atoms with Crippen LogP contribution in [0.4, 0.5) is 5.69 Å². The molecule has 3 rings (SSSR count). The number of amides is 1. The van der Waals surface area contributed by atoms with E-state index in [-0.39, 0.29) is 11.3 Å². The number of carboxylic acid groups (broad SMARTS) is 1. The minimum Gasteiger partial charge on any atom is -0.493 e. The van der Waals surface area contributed by atoms with Crippen molar-refractivity contribution in [2.75, 3.05) is 25.1 Å². The highest BCUT2D eigenvalue weighted by Gasteiger charge is 2.17. The number of nitrogens with one attached hydrogen (secondary N) is 1. The first-order valence-corrected chi connectivity index (χ1v) is 8.47. The van der Waals surface area contributed by atoms with E-state index < -0.39 is 11.9 Å². The lowest BCUT2D eigenvalue weighted by Crippen LogP contribution is -2.21. The van der Waals surface area contributed by atoms with E-state index in [1.165, 1.54) is 6.07 Å². The molecule has 1 fully saturated rings. The lowest BCUT2D eigenvalue weighted by atomic mass is 10.0. The molecule has 1 aromatic carbocycles. The van der Waals surface area contributed by atoms with Crippen molar-refractivity contribution >= 4 is 17.6 Å². The molecule has 1 aromatic heterocycles. The van der Waals surface area contributed by atoms with Crippen LogP contribution in [0.15, 0.2) is 34.9 Å². The highest BCUT2D eigenvalue weighted by molar-refractivity contribution is 6.03. The fourth-order valence-corrected chi connectivity index (χ4v) is 2.71. The van der Waals surface area contributed by atoms with Gasteiger partial charge in [0.05, 0.1) is 12.2 Å². The number of hydrogen-bond acceptors (Lipinski definition) is 5. The van der Waals surface area contributed by atoms with Crippen molar-refractivity contribution in [2.24, 2.45) is 5.92 Å². The van der Waals surface area contributed by atoms with Crippen LogP contribution in [0.5, 0.6) is 5.75 Å². The number of hydrogen-bond donors (Lipinski definition) is 2. The Balaban J connectivity index is 1.64. The number of aromatic carboxylic acids is 1. The second-order valence-electron chi connectivity index (χ2n) is 6.31. The van der Waals surface area contributed by atoms with Gasteiger partial charge < -0.3 is 24.3 Å². The van der Waals surface area contributed by atoms with E-state index >= 15 is 0 Å². The van der Waals surface area contributed by atoms with Crippen molar-refractivity contribution in [1.29, 1.82) is 0 Å². The minimum absolute atomic E-state index is 0.0624. The van der Waals surface area contributed by atoms with Gasteiger partial charge in [-0.05, 0) is 37.3 Å². The molecule has 0 atom stereocenters.